The summed E-state index contributed by atoms with van der Waals surface area (Å²) < 4.78 is 1.10. The van der Waals surface area contributed by atoms with Gasteiger partial charge in [-0.25, -0.2) is 0 Å². The normalized spacial score (nSPS) is 22.9. The van der Waals surface area contributed by atoms with Gasteiger partial charge in [-0.05, 0) is 44.5 Å². The number of nitrogens with two attached hydrogens (primary N) is 1. The number of piperidine rings is 1. The van der Waals surface area contributed by atoms with Gasteiger partial charge in [0.05, 0.1) is 5.92 Å². The Morgan fingerprint density at radius 2 is 2.25 bits per heavy atom. The molecule has 3 N–H and O–H groups in total. The topological polar surface area (TPSA) is 58.4 Å². The molecule has 2 atom stereocenters. The number of amides is 1. The van der Waals surface area contributed by atoms with Gasteiger partial charge >= 0.3 is 0 Å². The number of primary amides is 1. The Morgan fingerprint density at radius 1 is 1.50 bits per heavy atom. The fourth-order valence-electron chi connectivity index (χ4n) is 2.75. The second kappa shape index (κ2) is 6.59. The Morgan fingerprint density at radius 3 is 2.85 bits per heavy atom. The highest BCUT2D eigenvalue weighted by molar-refractivity contribution is 9.10. The van der Waals surface area contributed by atoms with Crippen LogP contribution in [0.3, 0.4) is 0 Å². The molecule has 2 rings (SSSR count). The molecule has 110 valence electrons. The molecule has 0 saturated carbocycles. The van der Waals surface area contributed by atoms with E-state index in [9.17, 15) is 4.79 Å². The number of nitrogens with one attached hydrogen (secondary N) is 1. The van der Waals surface area contributed by atoms with E-state index >= 15 is 0 Å². The summed E-state index contributed by atoms with van der Waals surface area (Å²) in [6.07, 6.45) is 1.90. The summed E-state index contributed by atoms with van der Waals surface area (Å²) >= 11 is 3.62. The summed E-state index contributed by atoms with van der Waals surface area (Å²) in [7, 11) is 1.94. The van der Waals surface area contributed by atoms with E-state index in [1.54, 1.807) is 0 Å². The molecule has 1 fully saturated rings. The summed E-state index contributed by atoms with van der Waals surface area (Å²) in [5.74, 6) is -0.227. The van der Waals surface area contributed by atoms with E-state index < -0.39 is 0 Å². The number of anilines is 1. The number of hydrogen-bond acceptors (Lipinski definition) is 3. The number of carbonyl (C=O) groups is 1. The Hall–Kier alpha value is -1.07. The van der Waals surface area contributed by atoms with Crippen molar-refractivity contribution in [1.82, 2.24) is 5.32 Å². The molecule has 0 radical (unpaired) electrons. The zero-order chi connectivity index (χ0) is 14.7. The van der Waals surface area contributed by atoms with Crippen LogP contribution in [0.15, 0.2) is 22.7 Å². The third kappa shape index (κ3) is 3.33. The van der Waals surface area contributed by atoms with Crippen LogP contribution in [-0.4, -0.2) is 25.5 Å². The van der Waals surface area contributed by atoms with Crippen LogP contribution in [0.2, 0.25) is 0 Å². The lowest BCUT2D eigenvalue weighted by Crippen LogP contribution is -2.45. The van der Waals surface area contributed by atoms with Crippen LogP contribution in [0.25, 0.3) is 0 Å². The number of benzene rings is 1. The fraction of sp³-hybridized carbons (Fsp3) is 0.533. The largest absolute Gasteiger partial charge is 0.369 e. The van der Waals surface area contributed by atoms with Gasteiger partial charge in [0.15, 0.2) is 0 Å². The zero-order valence-electron chi connectivity index (χ0n) is 12.0. The highest BCUT2D eigenvalue weighted by Gasteiger charge is 2.28. The van der Waals surface area contributed by atoms with Crippen molar-refractivity contribution >= 4 is 27.5 Å². The van der Waals surface area contributed by atoms with Gasteiger partial charge in [0.1, 0.15) is 0 Å². The molecule has 0 bridgehead atoms. The van der Waals surface area contributed by atoms with Crippen LogP contribution in [0.4, 0.5) is 5.69 Å². The molecule has 1 aromatic rings. The maximum absolute atomic E-state index is 11.4. The lowest BCUT2D eigenvalue weighted by Gasteiger charge is -2.38. The van der Waals surface area contributed by atoms with Crippen LogP contribution in [-0.2, 0) is 11.3 Å². The third-order valence-corrected chi connectivity index (χ3v) is 4.76. The molecule has 1 aliphatic rings. The van der Waals surface area contributed by atoms with Gasteiger partial charge in [-0.1, -0.05) is 22.0 Å². The van der Waals surface area contributed by atoms with E-state index in [1.807, 2.05) is 7.05 Å². The van der Waals surface area contributed by atoms with Gasteiger partial charge in [-0.15, -0.1) is 0 Å². The van der Waals surface area contributed by atoms with Crippen molar-refractivity contribution in [3.63, 3.8) is 0 Å². The van der Waals surface area contributed by atoms with E-state index in [0.29, 0.717) is 12.6 Å². The van der Waals surface area contributed by atoms with Crippen LogP contribution in [0, 0.1) is 5.92 Å². The van der Waals surface area contributed by atoms with E-state index in [4.69, 9.17) is 5.73 Å². The van der Waals surface area contributed by atoms with Crippen LogP contribution in [0.1, 0.15) is 25.3 Å². The van der Waals surface area contributed by atoms with Crippen molar-refractivity contribution in [2.75, 3.05) is 18.5 Å². The average molecular weight is 340 g/mol. The first-order chi connectivity index (χ1) is 9.52. The molecule has 0 spiro atoms. The summed E-state index contributed by atoms with van der Waals surface area (Å²) in [5, 5.41) is 3.15. The SMILES string of the molecule is CNCc1ccc(N2CC(C(N)=O)CCC2C)cc1Br. The smallest absolute Gasteiger partial charge is 0.222 e. The van der Waals surface area contributed by atoms with Crippen LogP contribution < -0.4 is 16.0 Å². The van der Waals surface area contributed by atoms with Gasteiger partial charge in [-0.2, -0.15) is 0 Å². The predicted molar refractivity (Wildman–Crippen MR) is 85.6 cm³/mol. The molecule has 1 heterocycles. The maximum atomic E-state index is 11.4. The second-order valence-corrected chi connectivity index (χ2v) is 6.34. The quantitative estimate of drug-likeness (QED) is 0.884. The van der Waals surface area contributed by atoms with Crippen molar-refractivity contribution in [3.8, 4) is 0 Å². The molecule has 20 heavy (non-hydrogen) atoms. The van der Waals surface area contributed by atoms with E-state index in [1.165, 1.54) is 5.56 Å². The Balaban J connectivity index is 2.20. The lowest BCUT2D eigenvalue weighted by atomic mass is 9.92. The average Bonchev–Trinajstić information content (AvgIpc) is 2.41. The van der Waals surface area contributed by atoms with E-state index in [0.717, 1.165) is 29.5 Å². The summed E-state index contributed by atoms with van der Waals surface area (Å²) in [5.41, 5.74) is 7.84. The number of carbonyl (C=O) groups excluding carboxylic acids is 1. The molecule has 2 unspecified atom stereocenters. The number of halogens is 1. The zero-order valence-corrected chi connectivity index (χ0v) is 13.6. The van der Waals surface area contributed by atoms with Gasteiger partial charge in [-0.3, -0.25) is 4.79 Å². The molecule has 0 aliphatic carbocycles. The van der Waals surface area contributed by atoms with Crippen molar-refractivity contribution in [3.05, 3.63) is 28.2 Å². The van der Waals surface area contributed by atoms with Crippen molar-refractivity contribution in [1.29, 1.82) is 0 Å². The van der Waals surface area contributed by atoms with Gasteiger partial charge in [0.25, 0.3) is 0 Å². The first-order valence-electron chi connectivity index (χ1n) is 7.02. The monoisotopic (exact) mass is 339 g/mol. The molecule has 1 amide bonds. The van der Waals surface area contributed by atoms with Crippen molar-refractivity contribution in [2.45, 2.75) is 32.4 Å². The third-order valence-electron chi connectivity index (χ3n) is 4.02. The van der Waals surface area contributed by atoms with Crippen LogP contribution >= 0.6 is 15.9 Å². The molecule has 5 heteroatoms. The minimum Gasteiger partial charge on any atom is -0.369 e. The Labute approximate surface area is 128 Å². The molecule has 4 nitrogen and oxygen atoms in total. The molecule has 0 aromatic heterocycles. The summed E-state index contributed by atoms with van der Waals surface area (Å²) in [4.78, 5) is 13.7. The first-order valence-corrected chi connectivity index (χ1v) is 7.81. The number of nitrogens with zero attached hydrogens (tertiary/aromatic N) is 1. The van der Waals surface area contributed by atoms with Gasteiger partial charge in [0, 0.05) is 29.3 Å². The molecule has 1 aliphatic heterocycles. The standard InChI is InChI=1S/C15H22BrN3O/c1-10-3-4-12(15(17)20)9-19(10)13-6-5-11(8-18-2)14(16)7-13/h5-7,10,12,18H,3-4,8-9H2,1-2H3,(H2,17,20). The second-order valence-electron chi connectivity index (χ2n) is 5.48. The van der Waals surface area contributed by atoms with Crippen LogP contribution in [0.5, 0.6) is 0 Å². The van der Waals surface area contributed by atoms with Crippen molar-refractivity contribution in [2.24, 2.45) is 11.7 Å². The molecular formula is C15H22BrN3O. The Bertz CT molecular complexity index is 492. The molecule has 1 saturated heterocycles. The predicted octanol–water partition coefficient (Wildman–Crippen LogP) is 2.26. The van der Waals surface area contributed by atoms with Gasteiger partial charge < -0.3 is 16.0 Å². The number of hydrogen-bond donors (Lipinski definition) is 2. The lowest BCUT2D eigenvalue weighted by molar-refractivity contribution is -0.122. The maximum Gasteiger partial charge on any atom is 0.222 e. The minimum absolute atomic E-state index is 0.0399. The highest BCUT2D eigenvalue weighted by Crippen LogP contribution is 2.30. The highest BCUT2D eigenvalue weighted by atomic mass is 79.9. The summed E-state index contributed by atoms with van der Waals surface area (Å²) in [6.45, 7) is 3.75. The minimum atomic E-state index is -0.187. The number of rotatable bonds is 4. The summed E-state index contributed by atoms with van der Waals surface area (Å²) in [6, 6.07) is 6.81. The van der Waals surface area contributed by atoms with E-state index in [-0.39, 0.29) is 11.8 Å². The van der Waals surface area contributed by atoms with Gasteiger partial charge in [0.2, 0.25) is 5.91 Å². The Kier molecular flexibility index (Phi) is 5.05. The van der Waals surface area contributed by atoms with Crippen molar-refractivity contribution < 1.29 is 4.79 Å². The first kappa shape index (κ1) is 15.3. The fourth-order valence-corrected chi connectivity index (χ4v) is 3.25. The molecular weight excluding hydrogens is 318 g/mol. The van der Waals surface area contributed by atoms with E-state index in [2.05, 4.69) is 51.3 Å². The molecule has 1 aromatic carbocycles.